The van der Waals surface area contributed by atoms with Crippen LogP contribution in [0.2, 0.25) is 0 Å². The first-order valence-electron chi connectivity index (χ1n) is 20.2. The molecule has 8 rings (SSSR count). The van der Waals surface area contributed by atoms with Crippen LogP contribution < -0.4 is 29.2 Å². The van der Waals surface area contributed by atoms with E-state index in [9.17, 15) is 19.8 Å². The fourth-order valence-electron chi connectivity index (χ4n) is 6.19. The zero-order valence-electron chi connectivity index (χ0n) is 36.7. The number of hydrogen-bond donors (Lipinski definition) is 0. The third kappa shape index (κ3) is 15.5. The van der Waals surface area contributed by atoms with E-state index in [1.54, 1.807) is 36.7 Å². The van der Waals surface area contributed by atoms with E-state index in [0.717, 1.165) is 45.2 Å². The Morgan fingerprint density at radius 2 is 0.866 bits per heavy atom. The molecule has 4 N–H and O–H groups in total. The Morgan fingerprint density at radius 3 is 1.22 bits per heavy atom. The molecule has 0 saturated carbocycles. The van der Waals surface area contributed by atoms with Crippen molar-refractivity contribution in [3.63, 3.8) is 0 Å². The number of oxazole rings is 2. The summed E-state index contributed by atoms with van der Waals surface area (Å²) in [4.78, 5) is 39.0. The van der Waals surface area contributed by atoms with Crippen molar-refractivity contribution >= 4 is 49.7 Å². The van der Waals surface area contributed by atoms with Gasteiger partial charge >= 0.3 is 37.7 Å². The van der Waals surface area contributed by atoms with Crippen LogP contribution in [-0.4, -0.2) is 80.6 Å². The van der Waals surface area contributed by atoms with E-state index in [1.807, 2.05) is 123 Å². The van der Waals surface area contributed by atoms with Gasteiger partial charge in [-0.3, -0.25) is 0 Å². The molecule has 4 heterocycles. The van der Waals surface area contributed by atoms with Crippen LogP contribution in [0.15, 0.2) is 155 Å². The first kappa shape index (κ1) is 52.5. The average molecular weight is 935 g/mol. The molecule has 0 spiro atoms. The minimum atomic E-state index is -1.18. The molecule has 0 aliphatic rings. The van der Waals surface area contributed by atoms with Crippen molar-refractivity contribution in [2.75, 3.05) is 0 Å². The Kier molecular flexibility index (Phi) is 20.5. The Morgan fingerprint density at radius 1 is 0.493 bits per heavy atom. The smallest absolute Gasteiger partial charge is 0.550 e. The number of ether oxygens (including phenoxy) is 4. The van der Waals surface area contributed by atoms with Crippen LogP contribution in [0.3, 0.4) is 0 Å². The first-order chi connectivity index (χ1) is 31.2. The van der Waals surface area contributed by atoms with Gasteiger partial charge in [0.2, 0.25) is 23.5 Å². The van der Waals surface area contributed by atoms with E-state index in [0.29, 0.717) is 47.6 Å². The van der Waals surface area contributed by atoms with E-state index in [-0.39, 0.29) is 86.5 Å². The summed E-state index contributed by atoms with van der Waals surface area (Å²) in [5, 5.41) is 21.7. The third-order valence-electron chi connectivity index (χ3n) is 9.55. The van der Waals surface area contributed by atoms with Gasteiger partial charge in [0.05, 0.1) is 0 Å². The third-order valence-corrected chi connectivity index (χ3v) is 9.55. The predicted molar refractivity (Wildman–Crippen MR) is 242 cm³/mol. The van der Waals surface area contributed by atoms with Gasteiger partial charge in [-0.1, -0.05) is 72.8 Å². The number of carboxylic acids is 2. The fourth-order valence-corrected chi connectivity index (χ4v) is 6.19. The van der Waals surface area contributed by atoms with Gasteiger partial charge in [0.15, 0.2) is 0 Å². The van der Waals surface area contributed by atoms with Crippen LogP contribution in [0.25, 0.3) is 22.9 Å². The fraction of sp³-hybridized carbons (Fsp3) is 0.160. The number of carboxylic acid groups (broad SMARTS) is 2. The van der Waals surface area contributed by atoms with Crippen molar-refractivity contribution in [2.24, 2.45) is 0 Å². The van der Waals surface area contributed by atoms with Crippen LogP contribution in [0.1, 0.15) is 45.2 Å². The zero-order chi connectivity index (χ0) is 44.7. The van der Waals surface area contributed by atoms with E-state index >= 15 is 0 Å². The number of carbonyl (C=O) groups is 2. The standard InChI is InChI=1S/2C25H22N2O5.Ca.2H2O/c2*1-17-22(27-25(32-17)19-6-3-2-4-7-19)16-30-21-11-9-18(10-12-21)15-31-24-20(14-23(28)29)8-5-13-26-24;;;/h2*2-13H,14-16H2,1H3,(H,28,29);;2*1H2/q;;+2;;/p-2. The molecule has 0 bridgehead atoms. The number of aliphatic carboxylic acids is 2. The van der Waals surface area contributed by atoms with Gasteiger partial charge in [-0.2, -0.15) is 0 Å². The maximum atomic E-state index is 10.9. The monoisotopic (exact) mass is 934 g/mol. The number of benzene rings is 4. The number of pyridine rings is 2. The summed E-state index contributed by atoms with van der Waals surface area (Å²) in [5.41, 5.74) is 6.07. The van der Waals surface area contributed by atoms with Crippen molar-refractivity contribution < 1.29 is 58.5 Å². The van der Waals surface area contributed by atoms with Crippen LogP contribution >= 0.6 is 0 Å². The number of hydrogen-bond acceptors (Lipinski definition) is 14. The summed E-state index contributed by atoms with van der Waals surface area (Å²) in [6, 6.07) is 40.9. The van der Waals surface area contributed by atoms with Gasteiger partial charge in [0, 0.05) is 59.4 Å². The molecule has 0 saturated heterocycles. The minimum absolute atomic E-state index is 0. The molecule has 0 amide bonds. The van der Waals surface area contributed by atoms with E-state index in [1.165, 1.54) is 0 Å². The van der Waals surface area contributed by atoms with Crippen molar-refractivity contribution in [1.82, 2.24) is 19.9 Å². The number of aromatic nitrogens is 4. The molecule has 0 fully saturated rings. The second kappa shape index (κ2) is 26.2. The molecule has 16 nitrogen and oxygen atoms in total. The SMILES string of the molecule is Cc1oc(-c2ccccc2)nc1COc1ccc(COc2ncccc2CC(=O)[O-])cc1.Cc1oc(-c2ccccc2)nc1COc1ccc(COc2ncccc2CC(=O)[O-])cc1.O.O.[Ca+2]. The summed E-state index contributed by atoms with van der Waals surface area (Å²) in [5.74, 6) is 2.17. The van der Waals surface area contributed by atoms with Gasteiger partial charge < -0.3 is 58.5 Å². The molecule has 0 atom stereocenters. The molecule has 67 heavy (non-hydrogen) atoms. The number of carbonyl (C=O) groups excluding carboxylic acids is 2. The van der Waals surface area contributed by atoms with Gasteiger partial charge in [-0.25, -0.2) is 19.9 Å². The largest absolute Gasteiger partial charge is 2.00 e. The normalized spacial score (nSPS) is 10.2. The second-order valence-electron chi connectivity index (χ2n) is 14.3. The van der Waals surface area contributed by atoms with Gasteiger partial charge in [-0.05, 0) is 85.6 Å². The van der Waals surface area contributed by atoms with Gasteiger partial charge in [-0.15, -0.1) is 0 Å². The summed E-state index contributed by atoms with van der Waals surface area (Å²) in [7, 11) is 0. The molecule has 4 aromatic heterocycles. The molecule has 0 aliphatic carbocycles. The molecule has 8 aromatic rings. The van der Waals surface area contributed by atoms with Crippen molar-refractivity contribution in [3.05, 3.63) is 191 Å². The summed E-state index contributed by atoms with van der Waals surface area (Å²) >= 11 is 0. The zero-order valence-corrected chi connectivity index (χ0v) is 38.9. The average Bonchev–Trinajstić information content (AvgIpc) is 3.89. The van der Waals surface area contributed by atoms with E-state index in [4.69, 9.17) is 27.8 Å². The Balaban J connectivity index is 0.000000280. The van der Waals surface area contributed by atoms with E-state index in [2.05, 4.69) is 19.9 Å². The van der Waals surface area contributed by atoms with Gasteiger partial charge in [0.25, 0.3) is 0 Å². The molecule has 4 aromatic carbocycles. The molecule has 0 radical (unpaired) electrons. The minimum Gasteiger partial charge on any atom is -0.550 e. The van der Waals surface area contributed by atoms with Crippen LogP contribution in [0.4, 0.5) is 0 Å². The first-order valence-corrected chi connectivity index (χ1v) is 20.2. The Bertz CT molecular complexity index is 2580. The van der Waals surface area contributed by atoms with Crippen molar-refractivity contribution in [3.8, 4) is 46.2 Å². The Labute approximate surface area is 415 Å². The van der Waals surface area contributed by atoms with Crippen molar-refractivity contribution in [2.45, 2.75) is 53.1 Å². The molecule has 17 heteroatoms. The van der Waals surface area contributed by atoms with Crippen molar-refractivity contribution in [1.29, 1.82) is 0 Å². The maximum Gasteiger partial charge on any atom is 2.00 e. The molecule has 0 unspecified atom stereocenters. The number of aryl methyl sites for hydroxylation is 2. The summed E-state index contributed by atoms with van der Waals surface area (Å²) in [6.45, 7) is 4.81. The van der Waals surface area contributed by atoms with E-state index < -0.39 is 11.9 Å². The number of rotatable bonds is 18. The molecular weight excluding hydrogens is 889 g/mol. The van der Waals surface area contributed by atoms with Crippen LogP contribution in [-0.2, 0) is 48.9 Å². The topological polar surface area (TPSA) is 258 Å². The van der Waals surface area contributed by atoms with Gasteiger partial charge in [0.1, 0.15) is 60.8 Å². The Hall–Kier alpha value is -7.08. The van der Waals surface area contributed by atoms with Crippen LogP contribution in [0.5, 0.6) is 23.3 Å². The molecule has 340 valence electrons. The molecule has 0 aliphatic heterocycles. The summed E-state index contributed by atoms with van der Waals surface area (Å²) < 4.78 is 34.6. The summed E-state index contributed by atoms with van der Waals surface area (Å²) in [6.07, 6.45) is 2.62. The number of nitrogens with zero attached hydrogens (tertiary/aromatic N) is 4. The van der Waals surface area contributed by atoms with Crippen LogP contribution in [0, 0.1) is 13.8 Å². The predicted octanol–water partition coefficient (Wildman–Crippen LogP) is 4.96. The quantitative estimate of drug-likeness (QED) is 0.103. The molecular formula is C50H46CaN4O12. The maximum absolute atomic E-state index is 10.9. The second-order valence-corrected chi connectivity index (χ2v) is 14.3.